The summed E-state index contributed by atoms with van der Waals surface area (Å²) in [5.41, 5.74) is 16.2. The van der Waals surface area contributed by atoms with Gasteiger partial charge in [0.25, 0.3) is 0 Å². The van der Waals surface area contributed by atoms with Gasteiger partial charge in [0.05, 0.1) is 11.0 Å². The Bertz CT molecular complexity index is 3690. The van der Waals surface area contributed by atoms with E-state index < -0.39 is 0 Å². The second kappa shape index (κ2) is 16.9. The summed E-state index contributed by atoms with van der Waals surface area (Å²) in [5, 5.41) is 10.7. The lowest BCUT2D eigenvalue weighted by atomic mass is 10.0. The summed E-state index contributed by atoms with van der Waals surface area (Å²) in [6, 6.07) is 72.2. The zero-order valence-electron chi connectivity index (χ0n) is 35.9. The lowest BCUT2D eigenvalue weighted by Gasteiger charge is -2.11. The minimum atomic E-state index is 0.917. The molecule has 0 bridgehead atoms. The smallest absolute Gasteiger partial charge is 0.143 e. The van der Waals surface area contributed by atoms with E-state index in [1.165, 1.54) is 32.9 Å². The molecule has 310 valence electrons. The molecular weight excluding hydrogens is 793 g/mol. The molecule has 0 aliphatic heterocycles. The van der Waals surface area contributed by atoms with Gasteiger partial charge in [-0.2, -0.15) is 0 Å². The van der Waals surface area contributed by atoms with Gasteiger partial charge in [-0.3, -0.25) is 0 Å². The molecule has 3 aromatic heterocycles. The molecule has 9 aromatic carbocycles. The minimum Gasteiger partial charge on any atom is -0.455 e. The molecule has 0 fully saturated rings. The second-order valence-corrected chi connectivity index (χ2v) is 16.1. The monoisotopic (exact) mass is 836 g/mol. The highest BCUT2D eigenvalue weighted by molar-refractivity contribution is 6.11. The van der Waals surface area contributed by atoms with Crippen LogP contribution in [0.1, 0.15) is 12.5 Å². The van der Waals surface area contributed by atoms with E-state index in [0.717, 1.165) is 83.2 Å². The fourth-order valence-electron chi connectivity index (χ4n) is 9.14. The average molecular weight is 837 g/mol. The first-order chi connectivity index (χ1) is 32.1. The summed E-state index contributed by atoms with van der Waals surface area (Å²) in [6.07, 6.45) is 7.90. The molecule has 3 heterocycles. The van der Waals surface area contributed by atoms with Crippen molar-refractivity contribution in [3.63, 3.8) is 0 Å². The first-order valence-corrected chi connectivity index (χ1v) is 22.0. The maximum absolute atomic E-state index is 6.25. The fraction of sp³-hybridized carbons (Fsp3) is 0.0164. The standard InChI is InChI=1S/C42H28N2O.C19H16O/c1-4-13-39-35(8-1)36-9-2-5-14-40(36)44(39)33-26-20-29(21-27-33)28-16-22-31(23-17-28)43-32-24-18-30(19-25-32)34-11-7-12-38-37-10-3-6-15-41(37)45-42(34)38;1-3-8-14(9-4-2)15-11-7-12-17-16-10-5-6-13-18(16)20-19(15)17/h1-27,43H;3-13H,1H2,2H3/b;9-4-,14-8+. The van der Waals surface area contributed by atoms with Crippen LogP contribution in [0.4, 0.5) is 11.4 Å². The van der Waals surface area contributed by atoms with Crippen LogP contribution in [0.25, 0.3) is 99.2 Å². The first-order valence-electron chi connectivity index (χ1n) is 22.0. The van der Waals surface area contributed by atoms with Crippen LogP contribution in [0.3, 0.4) is 0 Å². The third kappa shape index (κ3) is 7.27. The number of anilines is 2. The molecule has 0 saturated carbocycles. The van der Waals surface area contributed by atoms with Crippen molar-refractivity contribution in [1.82, 2.24) is 4.57 Å². The number of benzene rings is 9. The quantitative estimate of drug-likeness (QED) is 0.155. The predicted octanol–water partition coefficient (Wildman–Crippen LogP) is 17.5. The van der Waals surface area contributed by atoms with E-state index in [9.17, 15) is 0 Å². The third-order valence-corrected chi connectivity index (χ3v) is 12.2. The zero-order valence-corrected chi connectivity index (χ0v) is 35.9. The number of furan rings is 2. The van der Waals surface area contributed by atoms with Crippen LogP contribution in [0, 0.1) is 0 Å². The maximum atomic E-state index is 6.25. The molecule has 0 unspecified atom stereocenters. The van der Waals surface area contributed by atoms with Crippen LogP contribution in [0.5, 0.6) is 0 Å². The van der Waals surface area contributed by atoms with E-state index in [-0.39, 0.29) is 0 Å². The maximum Gasteiger partial charge on any atom is 0.143 e. The van der Waals surface area contributed by atoms with Gasteiger partial charge >= 0.3 is 0 Å². The molecule has 1 N–H and O–H groups in total. The molecular formula is C61H44N2O2. The van der Waals surface area contributed by atoms with Gasteiger partial charge in [0.15, 0.2) is 0 Å². The molecule has 12 aromatic rings. The van der Waals surface area contributed by atoms with Gasteiger partial charge < -0.3 is 18.7 Å². The lowest BCUT2D eigenvalue weighted by Crippen LogP contribution is -1.93. The summed E-state index contributed by atoms with van der Waals surface area (Å²) < 4.78 is 14.7. The van der Waals surface area contributed by atoms with Crippen LogP contribution < -0.4 is 5.32 Å². The minimum absolute atomic E-state index is 0.917. The normalized spacial score (nSPS) is 11.9. The Labute approximate surface area is 377 Å². The average Bonchev–Trinajstić information content (AvgIpc) is 4.05. The van der Waals surface area contributed by atoms with Crippen molar-refractivity contribution in [3.8, 4) is 27.9 Å². The van der Waals surface area contributed by atoms with E-state index in [4.69, 9.17) is 8.83 Å². The molecule has 0 spiro atoms. The van der Waals surface area contributed by atoms with Crippen LogP contribution in [-0.2, 0) is 0 Å². The molecule has 0 amide bonds. The number of fused-ring (bicyclic) bond motifs is 9. The SMILES string of the molecule is C=C/C=C(\C=C/C)c1cccc2c1oc1ccccc12.c1ccc2c(c1)oc1c(-c3ccc(Nc4ccc(-c5ccc(-n6c7ccccc7c7ccccc76)cc5)cc4)cc3)cccc12. The highest BCUT2D eigenvalue weighted by Gasteiger charge is 2.14. The van der Waals surface area contributed by atoms with Crippen LogP contribution in [0.2, 0.25) is 0 Å². The molecule has 0 aliphatic carbocycles. The number of nitrogens with one attached hydrogen (secondary N) is 1. The molecule has 0 radical (unpaired) electrons. The van der Waals surface area contributed by atoms with Gasteiger partial charge in [-0.25, -0.2) is 0 Å². The highest BCUT2D eigenvalue weighted by atomic mass is 16.3. The largest absolute Gasteiger partial charge is 0.455 e. The predicted molar refractivity (Wildman–Crippen MR) is 275 cm³/mol. The molecule has 4 nitrogen and oxygen atoms in total. The van der Waals surface area contributed by atoms with Crippen LogP contribution in [-0.4, -0.2) is 4.57 Å². The Morgan fingerprint density at radius 3 is 1.52 bits per heavy atom. The van der Waals surface area contributed by atoms with Crippen molar-refractivity contribution in [2.45, 2.75) is 6.92 Å². The van der Waals surface area contributed by atoms with Crippen molar-refractivity contribution in [3.05, 3.63) is 243 Å². The van der Waals surface area contributed by atoms with Gasteiger partial charge in [0.1, 0.15) is 22.3 Å². The van der Waals surface area contributed by atoms with Crippen molar-refractivity contribution < 1.29 is 8.83 Å². The summed E-state index contributed by atoms with van der Waals surface area (Å²) in [6.45, 7) is 5.80. The molecule has 0 aliphatic rings. The lowest BCUT2D eigenvalue weighted by molar-refractivity contribution is 0.667. The molecule has 0 saturated heterocycles. The Morgan fingerprint density at radius 1 is 0.462 bits per heavy atom. The van der Waals surface area contributed by atoms with Gasteiger partial charge in [0.2, 0.25) is 0 Å². The molecule has 65 heavy (non-hydrogen) atoms. The van der Waals surface area contributed by atoms with Gasteiger partial charge in [-0.05, 0) is 89.9 Å². The van der Waals surface area contributed by atoms with E-state index in [2.05, 4.69) is 198 Å². The van der Waals surface area contributed by atoms with E-state index in [1.807, 2.05) is 49.4 Å². The number of para-hydroxylation sites is 6. The second-order valence-electron chi connectivity index (χ2n) is 16.1. The number of hydrogen-bond acceptors (Lipinski definition) is 3. The zero-order chi connectivity index (χ0) is 43.7. The topological polar surface area (TPSA) is 43.2 Å². The number of rotatable bonds is 8. The number of allylic oxidation sites excluding steroid dienone is 5. The Kier molecular flexibility index (Phi) is 10.2. The van der Waals surface area contributed by atoms with E-state index >= 15 is 0 Å². The number of hydrogen-bond donors (Lipinski definition) is 1. The summed E-state index contributed by atoms with van der Waals surface area (Å²) in [7, 11) is 0. The van der Waals surface area contributed by atoms with Crippen molar-refractivity contribution >= 4 is 82.6 Å². The number of nitrogens with zero attached hydrogens (tertiary/aromatic N) is 1. The van der Waals surface area contributed by atoms with Gasteiger partial charge in [0, 0.05) is 60.5 Å². The third-order valence-electron chi connectivity index (χ3n) is 12.2. The fourth-order valence-corrected chi connectivity index (χ4v) is 9.14. The van der Waals surface area contributed by atoms with Crippen molar-refractivity contribution in [2.75, 3.05) is 5.32 Å². The van der Waals surface area contributed by atoms with E-state index in [0.29, 0.717) is 0 Å². The summed E-state index contributed by atoms with van der Waals surface area (Å²) in [4.78, 5) is 0. The van der Waals surface area contributed by atoms with Crippen LogP contribution >= 0.6 is 0 Å². The number of aromatic nitrogens is 1. The highest BCUT2D eigenvalue weighted by Crippen LogP contribution is 2.38. The first kappa shape index (κ1) is 39.3. The summed E-state index contributed by atoms with van der Waals surface area (Å²) in [5.74, 6) is 0. The molecule has 12 rings (SSSR count). The Morgan fingerprint density at radius 2 is 0.938 bits per heavy atom. The van der Waals surface area contributed by atoms with Crippen molar-refractivity contribution in [1.29, 1.82) is 0 Å². The van der Waals surface area contributed by atoms with Crippen LogP contribution in [0.15, 0.2) is 246 Å². The van der Waals surface area contributed by atoms with Gasteiger partial charge in [-0.15, -0.1) is 0 Å². The van der Waals surface area contributed by atoms with Gasteiger partial charge in [-0.1, -0.05) is 176 Å². The molecule has 0 atom stereocenters. The van der Waals surface area contributed by atoms with E-state index in [1.54, 1.807) is 6.08 Å². The molecule has 4 heteroatoms. The Balaban J connectivity index is 0.000000196. The Hall–Kier alpha value is -8.60. The summed E-state index contributed by atoms with van der Waals surface area (Å²) >= 11 is 0. The van der Waals surface area contributed by atoms with Crippen molar-refractivity contribution in [2.24, 2.45) is 0 Å².